The number of ether oxygens (including phenoxy) is 3. The highest BCUT2D eigenvalue weighted by molar-refractivity contribution is 8.00. The molecule has 0 saturated carbocycles. The molecule has 0 radical (unpaired) electrons. The number of carbonyl (C=O) groups is 12. The molecule has 2 aromatic carbocycles. The Balaban J connectivity index is 0.000000573. The number of rotatable bonds is 40. The first-order valence-electron chi connectivity index (χ1n) is 34.4. The van der Waals surface area contributed by atoms with Gasteiger partial charge < -0.3 is 66.8 Å². The van der Waals surface area contributed by atoms with Crippen LogP contribution in [0.25, 0.3) is 0 Å². The molecule has 2 aliphatic rings. The van der Waals surface area contributed by atoms with E-state index in [2.05, 4.69) is 50.6 Å². The first-order chi connectivity index (χ1) is 46.7. The fraction of sp³-hybridized carbons (Fsp3) is 0.662. The number of amides is 11. The lowest BCUT2D eigenvalue weighted by Crippen LogP contribution is -2.55. The molecule has 2 heterocycles. The molecular formula is C71H113N11O16S. The number of aliphatic carboxylic acids is 1. The number of carboxylic acid groups (broad SMARTS) is 1. The number of hydrogen-bond acceptors (Lipinski definition) is 17. The monoisotopic (exact) mass is 1410 g/mol. The molecule has 2 saturated heterocycles. The van der Waals surface area contributed by atoms with Gasteiger partial charge in [0, 0.05) is 71.9 Å². The van der Waals surface area contributed by atoms with E-state index in [9.17, 15) is 62.6 Å². The molecule has 0 aromatic heterocycles. The molecule has 28 heteroatoms. The highest BCUT2D eigenvalue weighted by Crippen LogP contribution is 2.30. The molecule has 0 aliphatic carbocycles. The summed E-state index contributed by atoms with van der Waals surface area (Å²) in [4.78, 5) is 159. The van der Waals surface area contributed by atoms with Crippen LogP contribution in [-0.4, -0.2) is 217 Å². The number of nitrogens with zero attached hydrogens (tertiary/aromatic N) is 4. The zero-order valence-electron chi connectivity index (χ0n) is 61.0. The minimum Gasteiger partial charge on any atom is -0.480 e. The maximum Gasteiger partial charge on any atom is 0.410 e. The van der Waals surface area contributed by atoms with Gasteiger partial charge in [-0.2, -0.15) is 11.8 Å². The highest BCUT2D eigenvalue weighted by Gasteiger charge is 2.43. The van der Waals surface area contributed by atoms with E-state index in [1.54, 1.807) is 72.2 Å². The lowest BCUT2D eigenvalue weighted by molar-refractivity contribution is -0.145. The number of likely N-dealkylation sites (tertiary alicyclic amines) is 2. The van der Waals surface area contributed by atoms with Crippen molar-refractivity contribution in [2.24, 2.45) is 35.3 Å². The number of thioether (sulfide) groups is 1. The molecule has 2 aliphatic heterocycles. The van der Waals surface area contributed by atoms with Crippen molar-refractivity contribution in [1.82, 2.24) is 46.2 Å². The molecule has 554 valence electrons. The number of ketones is 1. The summed E-state index contributed by atoms with van der Waals surface area (Å²) in [5, 5.41) is 25.6. The van der Waals surface area contributed by atoms with E-state index in [0.717, 1.165) is 18.4 Å². The van der Waals surface area contributed by atoms with Crippen molar-refractivity contribution < 1.29 is 76.9 Å². The maximum absolute atomic E-state index is 13.6. The van der Waals surface area contributed by atoms with Crippen molar-refractivity contribution >= 4 is 88.6 Å². The van der Waals surface area contributed by atoms with E-state index in [1.165, 1.54) is 42.6 Å². The van der Waals surface area contributed by atoms with Gasteiger partial charge in [0.15, 0.2) is 5.78 Å². The van der Waals surface area contributed by atoms with Crippen LogP contribution in [0.2, 0.25) is 0 Å². The Morgan fingerprint density at radius 1 is 0.737 bits per heavy atom. The minimum absolute atomic E-state index is 0.0170. The van der Waals surface area contributed by atoms with Crippen molar-refractivity contribution in [2.75, 3.05) is 66.6 Å². The lowest BCUT2D eigenvalue weighted by atomic mass is 9.90. The summed E-state index contributed by atoms with van der Waals surface area (Å²) in [6.07, 6.45) is 5.54. The zero-order chi connectivity index (χ0) is 74.4. The molecule has 2 aromatic rings. The van der Waals surface area contributed by atoms with E-state index in [1.807, 2.05) is 63.2 Å². The Hall–Kier alpha value is -7.69. The predicted octanol–water partition coefficient (Wildman–Crippen LogP) is 5.89. The topological polar surface area (TPSA) is 364 Å². The smallest absolute Gasteiger partial charge is 0.410 e. The number of methoxy groups -OCH3 is 2. The quantitative estimate of drug-likeness (QED) is 0.0284. The summed E-state index contributed by atoms with van der Waals surface area (Å²) < 4.78 is 17.1. The number of hydrogen-bond donors (Lipinski definition) is 8. The Bertz CT molecular complexity index is 2980. The molecule has 2 fully saturated rings. The van der Waals surface area contributed by atoms with Crippen LogP contribution in [0, 0.1) is 29.6 Å². The van der Waals surface area contributed by atoms with E-state index < -0.39 is 84.0 Å². The number of unbranched alkanes of at least 4 members (excludes halogenated alkanes) is 2. The first-order valence-corrected chi connectivity index (χ1v) is 35.7. The number of likely N-dealkylation sites (N-methyl/N-ethyl adjacent to an activating group) is 2. The number of Topliss-reactive ketones (excluding diaryl/α,β-unsaturated/α-hetero) is 1. The summed E-state index contributed by atoms with van der Waals surface area (Å²) in [6.45, 7) is 19.1. The van der Waals surface area contributed by atoms with Gasteiger partial charge >= 0.3 is 18.1 Å². The number of urea groups is 1. The van der Waals surface area contributed by atoms with Gasteiger partial charge in [-0.05, 0) is 113 Å². The Kier molecular flexibility index (Phi) is 37.2. The fourth-order valence-electron chi connectivity index (χ4n) is 12.5. The van der Waals surface area contributed by atoms with E-state index in [-0.39, 0.29) is 116 Å². The average Bonchev–Trinajstić information content (AvgIpc) is 1.76. The zero-order valence-corrected chi connectivity index (χ0v) is 61.8. The maximum atomic E-state index is 13.6. The molecule has 27 nitrogen and oxygen atoms in total. The van der Waals surface area contributed by atoms with E-state index in [4.69, 9.17) is 19.9 Å². The number of benzene rings is 2. The number of imide groups is 1. The summed E-state index contributed by atoms with van der Waals surface area (Å²) >= 11 is 1.36. The fourth-order valence-corrected chi connectivity index (χ4v) is 13.2. The number of carbonyl (C=O) groups excluding carboxylic acids is 11. The molecule has 0 bridgehead atoms. The Labute approximate surface area is 589 Å². The number of carboxylic acids is 1. The van der Waals surface area contributed by atoms with Gasteiger partial charge in [-0.1, -0.05) is 118 Å². The highest BCUT2D eigenvalue weighted by atomic mass is 32.2. The standard InChI is InChI=1S/C42H66N8O10S.C29H47N3O6/c1-24(2)34(27(7)51)48-39(56)36(26(5)6)49(8)42(59)60-23-28-16-18-29(19-17-28)45-37(54)30(14-13-20-44-41(43)58)46-38(55)35(25(3)4)47-32(52)15-11-10-12-21-50-33(53)22-31(61-9)40(50)57;1-8-19(2)26(31(4)5)24(37-6)18-25(33)32-16-12-15-23(32)27(38-7)20(3)28(34)30-22(29(35)36)17-21-13-10-9-11-14-21/h16-19,24-26,30-31,34-36H,10-15,20-23H2,1-9H3,(H,45,54)(H,46,55)(H,47,52)(H,48,56)(H3,43,44,58);9-11,13-14,19-20,22-24,26-27H,8,12,15-18H2,1-7H3,(H,30,34)(H,35,36)/t30-,31?,34-,35?,36-;19-,20+,22-,23-,24+,26?,27+/m00/s1. The number of primary amides is 1. The second-order valence-corrected chi connectivity index (χ2v) is 28.0. The molecule has 4 rings (SSSR count). The number of nitrogens with one attached hydrogen (secondary N) is 6. The van der Waals surface area contributed by atoms with E-state index >= 15 is 0 Å². The van der Waals surface area contributed by atoms with Gasteiger partial charge in [-0.15, -0.1) is 0 Å². The van der Waals surface area contributed by atoms with Crippen molar-refractivity contribution in [1.29, 1.82) is 0 Å². The van der Waals surface area contributed by atoms with Crippen LogP contribution in [0.3, 0.4) is 0 Å². The second-order valence-electron chi connectivity index (χ2n) is 27.0. The van der Waals surface area contributed by atoms with Crippen LogP contribution in [-0.2, 0) is 75.2 Å². The minimum atomic E-state index is -1.09. The van der Waals surface area contributed by atoms with Crippen LogP contribution in [0.15, 0.2) is 54.6 Å². The van der Waals surface area contributed by atoms with Gasteiger partial charge in [0.25, 0.3) is 0 Å². The molecule has 11 amide bonds. The molecular weight excluding hydrogens is 1290 g/mol. The van der Waals surface area contributed by atoms with E-state index in [0.29, 0.717) is 62.4 Å². The van der Waals surface area contributed by atoms with Crippen LogP contribution in [0.1, 0.15) is 151 Å². The molecule has 0 spiro atoms. The van der Waals surface area contributed by atoms with Gasteiger partial charge in [0.2, 0.25) is 47.3 Å². The third-order valence-electron chi connectivity index (χ3n) is 18.2. The summed E-state index contributed by atoms with van der Waals surface area (Å²) in [5.74, 6) is -5.06. The van der Waals surface area contributed by atoms with Crippen LogP contribution >= 0.6 is 11.8 Å². The third kappa shape index (κ3) is 27.4. The largest absolute Gasteiger partial charge is 0.480 e. The van der Waals surface area contributed by atoms with Gasteiger partial charge in [0.05, 0.1) is 41.9 Å². The third-order valence-corrected chi connectivity index (χ3v) is 19.1. The summed E-state index contributed by atoms with van der Waals surface area (Å²) in [7, 11) is 8.66. The lowest BCUT2D eigenvalue weighted by Gasteiger charge is -2.38. The molecule has 12 atom stereocenters. The van der Waals surface area contributed by atoms with Crippen LogP contribution in [0.4, 0.5) is 15.3 Å². The van der Waals surface area contributed by atoms with Gasteiger partial charge in [-0.3, -0.25) is 53.0 Å². The van der Waals surface area contributed by atoms with Crippen molar-refractivity contribution in [3.05, 3.63) is 65.7 Å². The Morgan fingerprint density at radius 3 is 1.91 bits per heavy atom. The normalized spacial score (nSPS) is 17.6. The van der Waals surface area contributed by atoms with Crippen molar-refractivity contribution in [3.63, 3.8) is 0 Å². The summed E-state index contributed by atoms with van der Waals surface area (Å²) in [6, 6.07) is 10.1. The molecule has 9 N–H and O–H groups in total. The predicted molar refractivity (Wildman–Crippen MR) is 378 cm³/mol. The van der Waals surface area contributed by atoms with Crippen LogP contribution < -0.4 is 37.6 Å². The average molecular weight is 1410 g/mol. The number of anilines is 1. The van der Waals surface area contributed by atoms with Crippen molar-refractivity contribution in [3.8, 4) is 0 Å². The second kappa shape index (κ2) is 43.1. The molecule has 99 heavy (non-hydrogen) atoms. The van der Waals surface area contributed by atoms with Gasteiger partial charge in [-0.25, -0.2) is 14.4 Å². The SMILES string of the molecule is CC[C@H](C)C([C@@H](CC(=O)N1CCC[C@H]1[C@H](OC)[C@@H](C)C(=O)N[C@@H](Cc1ccccc1)C(=O)O)OC)N(C)C.CSC1CC(=O)N(CCCCCC(=O)NC(C(=O)N[C@@H](CCCNC(N)=O)C(=O)Nc2ccc(COC(=O)N(C)[C@H](C(=O)N[C@H](C(C)=O)C(C)C)C(C)C)cc2)C(C)C)C1=O. The van der Waals surface area contributed by atoms with Crippen molar-refractivity contribution in [2.45, 2.75) is 213 Å². The molecule has 3 unspecified atom stereocenters. The van der Waals surface area contributed by atoms with Crippen LogP contribution in [0.5, 0.6) is 0 Å². The first kappa shape index (κ1) is 85.5. The summed E-state index contributed by atoms with van der Waals surface area (Å²) in [5.41, 5.74) is 6.97. The van der Waals surface area contributed by atoms with Gasteiger partial charge in [0.1, 0.15) is 30.8 Å². The Morgan fingerprint density at radius 2 is 1.37 bits per heavy atom. The number of nitrogens with two attached hydrogens (primary N) is 1.